The highest BCUT2D eigenvalue weighted by Crippen LogP contribution is 2.43. The Morgan fingerprint density at radius 3 is 1.64 bits per heavy atom. The molecule has 0 aliphatic rings. The maximum atomic E-state index is 15.5. The first kappa shape index (κ1) is 29.4. The molecule has 0 bridgehead atoms. The lowest BCUT2D eigenvalue weighted by atomic mass is 10.1. The second-order valence-electron chi connectivity index (χ2n) is 13.4. The predicted molar refractivity (Wildman–Crippen MR) is 217 cm³/mol. The van der Waals surface area contributed by atoms with Crippen LogP contribution >= 0.6 is 0 Å². The van der Waals surface area contributed by atoms with Gasteiger partial charge in [0, 0.05) is 43.9 Å². The number of rotatable bonds is 4. The Morgan fingerprint density at radius 2 is 0.925 bits per heavy atom. The van der Waals surface area contributed by atoms with Crippen molar-refractivity contribution in [2.24, 2.45) is 0 Å². The van der Waals surface area contributed by atoms with E-state index in [2.05, 4.69) is 94.1 Å². The summed E-state index contributed by atoms with van der Waals surface area (Å²) in [5.74, 6) is 0.506. The van der Waals surface area contributed by atoms with Crippen molar-refractivity contribution in [2.75, 3.05) is 0 Å². The summed E-state index contributed by atoms with van der Waals surface area (Å²) in [6.07, 6.45) is 0. The lowest BCUT2D eigenvalue weighted by Gasteiger charge is -2.14. The van der Waals surface area contributed by atoms with Crippen LogP contribution in [0.5, 0.6) is 0 Å². The number of hydrogen-bond acceptors (Lipinski definition) is 3. The van der Waals surface area contributed by atoms with Crippen LogP contribution in [0, 0.1) is 0 Å². The van der Waals surface area contributed by atoms with E-state index < -0.39 is 0 Å². The molecule has 0 saturated heterocycles. The SMILES string of the molecule is O=c1c2c3c(ccc4c5ccccc5n(-c5ccccc5)c43)n(-c3nc(-c4ccccc4)c4ccccc4n3)c2c2ccccc2n1-c1ccccc1. The summed E-state index contributed by atoms with van der Waals surface area (Å²) >= 11 is 0. The average Bonchev–Trinajstić information content (AvgIpc) is 3.76. The van der Waals surface area contributed by atoms with Crippen LogP contribution in [-0.2, 0) is 0 Å². The molecule has 0 unspecified atom stereocenters. The van der Waals surface area contributed by atoms with Gasteiger partial charge in [-0.2, -0.15) is 0 Å². The van der Waals surface area contributed by atoms with Crippen LogP contribution in [0.2, 0.25) is 0 Å². The number of benzene rings is 7. The molecule has 0 N–H and O–H groups in total. The van der Waals surface area contributed by atoms with Gasteiger partial charge in [-0.3, -0.25) is 13.9 Å². The van der Waals surface area contributed by atoms with Gasteiger partial charge in [-0.15, -0.1) is 0 Å². The van der Waals surface area contributed by atoms with Crippen molar-refractivity contribution in [1.82, 2.24) is 23.7 Å². The second kappa shape index (κ2) is 11.4. The van der Waals surface area contributed by atoms with E-state index in [1.807, 2.05) is 95.6 Å². The maximum Gasteiger partial charge on any atom is 0.265 e. The maximum absolute atomic E-state index is 15.5. The summed E-state index contributed by atoms with van der Waals surface area (Å²) in [4.78, 5) is 26.1. The number of hydrogen-bond donors (Lipinski definition) is 0. The van der Waals surface area contributed by atoms with Crippen molar-refractivity contribution >= 4 is 65.4 Å². The molecule has 11 rings (SSSR count). The van der Waals surface area contributed by atoms with Crippen LogP contribution < -0.4 is 5.56 Å². The van der Waals surface area contributed by atoms with E-state index >= 15 is 4.79 Å². The first-order chi connectivity index (χ1) is 26.3. The normalized spacial score (nSPS) is 11.8. The van der Waals surface area contributed by atoms with Gasteiger partial charge in [-0.05, 0) is 48.5 Å². The summed E-state index contributed by atoms with van der Waals surface area (Å²) in [5.41, 5.74) is 8.86. The lowest BCUT2D eigenvalue weighted by Crippen LogP contribution is -2.19. The molecule has 6 nitrogen and oxygen atoms in total. The highest BCUT2D eigenvalue weighted by atomic mass is 16.1. The zero-order chi connectivity index (χ0) is 35.0. The third-order valence-corrected chi connectivity index (χ3v) is 10.5. The molecule has 11 aromatic rings. The zero-order valence-corrected chi connectivity index (χ0v) is 28.4. The number of pyridine rings is 1. The molecule has 0 atom stereocenters. The van der Waals surface area contributed by atoms with E-state index in [-0.39, 0.29) is 5.56 Å². The molecular weight excluding hydrogens is 651 g/mol. The van der Waals surface area contributed by atoms with Gasteiger partial charge < -0.3 is 4.57 Å². The third-order valence-electron chi connectivity index (χ3n) is 10.5. The molecule has 7 aromatic carbocycles. The monoisotopic (exact) mass is 679 g/mol. The van der Waals surface area contributed by atoms with Crippen LogP contribution in [0.15, 0.2) is 181 Å². The third kappa shape index (κ3) is 4.23. The quantitative estimate of drug-likeness (QED) is 0.186. The van der Waals surface area contributed by atoms with Gasteiger partial charge in [0.15, 0.2) is 0 Å². The molecular formula is C47H29N5O. The van der Waals surface area contributed by atoms with Gasteiger partial charge in [-0.25, -0.2) is 9.97 Å². The molecule has 6 heteroatoms. The van der Waals surface area contributed by atoms with Gasteiger partial charge in [0.1, 0.15) is 0 Å². The summed E-state index contributed by atoms with van der Waals surface area (Å²) in [5, 5.41) is 5.55. The predicted octanol–water partition coefficient (Wildman–Crippen LogP) is 10.8. The van der Waals surface area contributed by atoms with E-state index in [9.17, 15) is 0 Å². The number of nitrogens with zero attached hydrogens (tertiary/aromatic N) is 5. The van der Waals surface area contributed by atoms with Crippen molar-refractivity contribution in [3.63, 3.8) is 0 Å². The summed E-state index contributed by atoms with van der Waals surface area (Å²) < 4.78 is 6.27. The van der Waals surface area contributed by atoms with Gasteiger partial charge in [0.25, 0.3) is 5.56 Å². The molecule has 53 heavy (non-hydrogen) atoms. The van der Waals surface area contributed by atoms with E-state index in [1.54, 1.807) is 0 Å². The Bertz CT molecular complexity index is 3290. The van der Waals surface area contributed by atoms with Gasteiger partial charge in [0.05, 0.1) is 44.2 Å². The van der Waals surface area contributed by atoms with Gasteiger partial charge in [-0.1, -0.05) is 127 Å². The Kier molecular flexibility index (Phi) is 6.30. The molecule has 0 fully saturated rings. The minimum atomic E-state index is -0.102. The van der Waals surface area contributed by atoms with Crippen molar-refractivity contribution in [3.8, 4) is 28.6 Å². The standard InChI is InChI=1S/C47H29N5O/c53-46-42-41-40(29-28-34-33-22-11-14-26-38(33)50(44(34)41)31-18-6-2-7-19-31)52(45(42)36-24-12-15-27-39(36)51(46)32-20-8-3-9-21-32)47-48-37-25-13-10-23-35(37)43(49-47)30-16-4-1-5-17-30/h1-29H. The topological polar surface area (TPSA) is 57.6 Å². The first-order valence-electron chi connectivity index (χ1n) is 17.7. The van der Waals surface area contributed by atoms with Gasteiger partial charge >= 0.3 is 0 Å². The van der Waals surface area contributed by atoms with Crippen LogP contribution in [0.25, 0.3) is 94.0 Å². The zero-order valence-electron chi connectivity index (χ0n) is 28.4. The van der Waals surface area contributed by atoms with E-state index in [0.29, 0.717) is 11.3 Å². The molecule has 4 heterocycles. The average molecular weight is 680 g/mol. The van der Waals surface area contributed by atoms with E-state index in [0.717, 1.165) is 82.7 Å². The number of fused-ring (bicyclic) bond motifs is 10. The highest BCUT2D eigenvalue weighted by Gasteiger charge is 2.27. The highest BCUT2D eigenvalue weighted by molar-refractivity contribution is 6.28. The van der Waals surface area contributed by atoms with Crippen molar-refractivity contribution < 1.29 is 0 Å². The van der Waals surface area contributed by atoms with Crippen LogP contribution in [-0.4, -0.2) is 23.7 Å². The van der Waals surface area contributed by atoms with Crippen LogP contribution in [0.1, 0.15) is 0 Å². The minimum Gasteiger partial charge on any atom is -0.309 e. The molecule has 0 amide bonds. The second-order valence-corrected chi connectivity index (χ2v) is 13.4. The summed E-state index contributed by atoms with van der Waals surface area (Å²) in [7, 11) is 0. The van der Waals surface area contributed by atoms with Crippen LogP contribution in [0.4, 0.5) is 0 Å². The number of aromatic nitrogens is 5. The minimum absolute atomic E-state index is 0.102. The fraction of sp³-hybridized carbons (Fsp3) is 0. The van der Waals surface area contributed by atoms with E-state index in [1.165, 1.54) is 0 Å². The molecule has 248 valence electrons. The Hall–Kier alpha value is -7.31. The van der Waals surface area contributed by atoms with Crippen molar-refractivity contribution in [3.05, 3.63) is 186 Å². The molecule has 0 aliphatic heterocycles. The fourth-order valence-corrected chi connectivity index (χ4v) is 8.25. The molecule has 0 saturated carbocycles. The fourth-order valence-electron chi connectivity index (χ4n) is 8.25. The number of para-hydroxylation sites is 5. The summed E-state index contributed by atoms with van der Waals surface area (Å²) in [6.45, 7) is 0. The van der Waals surface area contributed by atoms with Crippen molar-refractivity contribution in [2.45, 2.75) is 0 Å². The Balaban J connectivity index is 1.42. The Labute approximate surface area is 303 Å². The molecule has 0 radical (unpaired) electrons. The molecule has 0 aliphatic carbocycles. The Morgan fingerprint density at radius 1 is 0.377 bits per heavy atom. The first-order valence-corrected chi connectivity index (χ1v) is 17.7. The molecule has 0 spiro atoms. The van der Waals surface area contributed by atoms with Crippen molar-refractivity contribution in [1.29, 1.82) is 0 Å². The van der Waals surface area contributed by atoms with Gasteiger partial charge in [0.2, 0.25) is 5.95 Å². The molecule has 4 aromatic heterocycles. The van der Waals surface area contributed by atoms with Crippen LogP contribution in [0.3, 0.4) is 0 Å². The summed E-state index contributed by atoms with van der Waals surface area (Å²) in [6, 6.07) is 59.7. The van der Waals surface area contributed by atoms with E-state index in [4.69, 9.17) is 9.97 Å². The smallest absolute Gasteiger partial charge is 0.265 e. The lowest BCUT2D eigenvalue weighted by molar-refractivity contribution is 1.01. The largest absolute Gasteiger partial charge is 0.309 e.